The Labute approximate surface area is 112 Å². The maximum absolute atomic E-state index is 11.6. The van der Waals surface area contributed by atoms with Crippen molar-refractivity contribution in [3.05, 3.63) is 38.0 Å². The Morgan fingerprint density at radius 3 is 2.88 bits per heavy atom. The second kappa shape index (κ2) is 5.14. The van der Waals surface area contributed by atoms with Crippen molar-refractivity contribution in [1.82, 2.24) is 9.97 Å². The molecule has 17 heavy (non-hydrogen) atoms. The number of H-pyrrole nitrogens is 1. The van der Waals surface area contributed by atoms with Crippen LogP contribution >= 0.6 is 27.3 Å². The van der Waals surface area contributed by atoms with E-state index < -0.39 is 0 Å². The van der Waals surface area contributed by atoms with Crippen LogP contribution in [0.15, 0.2) is 26.8 Å². The number of aromatic nitrogens is 2. The summed E-state index contributed by atoms with van der Waals surface area (Å²) in [4.78, 5) is 19.8. The van der Waals surface area contributed by atoms with Crippen LogP contribution in [0.2, 0.25) is 0 Å². The molecule has 0 atom stereocenters. The summed E-state index contributed by atoms with van der Waals surface area (Å²) in [7, 11) is 0. The molecule has 5 heteroatoms. The van der Waals surface area contributed by atoms with E-state index in [9.17, 15) is 4.79 Å². The van der Waals surface area contributed by atoms with Crippen LogP contribution in [-0.4, -0.2) is 9.97 Å². The van der Waals surface area contributed by atoms with E-state index in [0.29, 0.717) is 11.7 Å². The van der Waals surface area contributed by atoms with E-state index in [-0.39, 0.29) is 5.56 Å². The maximum atomic E-state index is 11.6. The van der Waals surface area contributed by atoms with Crippen LogP contribution in [0.3, 0.4) is 0 Å². The normalized spacial score (nSPS) is 11.1. The Balaban J connectivity index is 2.45. The van der Waals surface area contributed by atoms with Crippen LogP contribution in [-0.2, 0) is 6.42 Å². The van der Waals surface area contributed by atoms with Crippen LogP contribution in [0.5, 0.6) is 0 Å². The van der Waals surface area contributed by atoms with Crippen LogP contribution in [0.25, 0.3) is 10.7 Å². The van der Waals surface area contributed by atoms with E-state index in [4.69, 9.17) is 0 Å². The fourth-order valence-corrected chi connectivity index (χ4v) is 3.11. The van der Waals surface area contributed by atoms with Gasteiger partial charge in [0.25, 0.3) is 5.56 Å². The lowest BCUT2D eigenvalue weighted by Crippen LogP contribution is -2.11. The maximum Gasteiger partial charge on any atom is 0.251 e. The number of rotatable bonds is 3. The lowest BCUT2D eigenvalue weighted by atomic mass is 10.1. The lowest BCUT2D eigenvalue weighted by molar-refractivity contribution is 0.634. The zero-order valence-electron chi connectivity index (χ0n) is 9.66. The van der Waals surface area contributed by atoms with Crippen LogP contribution in [0.4, 0.5) is 0 Å². The molecule has 2 heterocycles. The molecule has 0 unspecified atom stereocenters. The van der Waals surface area contributed by atoms with Gasteiger partial charge in [0.1, 0.15) is 0 Å². The van der Waals surface area contributed by atoms with E-state index in [1.165, 1.54) is 0 Å². The monoisotopic (exact) mass is 312 g/mol. The average Bonchev–Trinajstić information content (AvgIpc) is 2.62. The quantitative estimate of drug-likeness (QED) is 0.943. The number of aromatic amines is 1. The summed E-state index contributed by atoms with van der Waals surface area (Å²) in [6, 6.07) is 3.53. The third kappa shape index (κ3) is 3.04. The van der Waals surface area contributed by atoms with Gasteiger partial charge in [-0.25, -0.2) is 4.98 Å². The Kier molecular flexibility index (Phi) is 3.79. The van der Waals surface area contributed by atoms with Gasteiger partial charge in [-0.15, -0.1) is 11.3 Å². The topological polar surface area (TPSA) is 45.8 Å². The first kappa shape index (κ1) is 12.5. The van der Waals surface area contributed by atoms with Crippen molar-refractivity contribution in [1.29, 1.82) is 0 Å². The second-order valence-corrected chi connectivity index (χ2v) is 6.05. The molecule has 0 saturated carbocycles. The molecular formula is C12H13BrN2OS. The summed E-state index contributed by atoms with van der Waals surface area (Å²) in [6.07, 6.45) is 0.819. The summed E-state index contributed by atoms with van der Waals surface area (Å²) in [5, 5.41) is 1.97. The van der Waals surface area contributed by atoms with E-state index in [1.54, 1.807) is 17.4 Å². The van der Waals surface area contributed by atoms with Crippen molar-refractivity contribution >= 4 is 27.3 Å². The molecule has 0 aliphatic carbocycles. The highest BCUT2D eigenvalue weighted by atomic mass is 79.9. The van der Waals surface area contributed by atoms with E-state index in [1.807, 2.05) is 11.4 Å². The molecule has 1 N–H and O–H groups in total. The van der Waals surface area contributed by atoms with Crippen molar-refractivity contribution in [3.8, 4) is 10.7 Å². The standard InChI is InChI=1S/C12H13BrN2OS/c1-7(2)5-8-6-10(16)15-12(14-8)11-9(13)3-4-17-11/h3-4,6-7H,5H2,1-2H3,(H,14,15,16). The molecule has 0 amide bonds. The minimum absolute atomic E-state index is 0.0917. The number of thiophene rings is 1. The largest absolute Gasteiger partial charge is 0.306 e. The van der Waals surface area contributed by atoms with Crippen molar-refractivity contribution in [3.63, 3.8) is 0 Å². The molecule has 0 radical (unpaired) electrons. The van der Waals surface area contributed by atoms with E-state index in [2.05, 4.69) is 39.7 Å². The third-order valence-electron chi connectivity index (χ3n) is 2.24. The van der Waals surface area contributed by atoms with Gasteiger partial charge in [-0.3, -0.25) is 4.79 Å². The van der Waals surface area contributed by atoms with Crippen LogP contribution in [0.1, 0.15) is 19.5 Å². The number of hydrogen-bond acceptors (Lipinski definition) is 3. The van der Waals surface area contributed by atoms with Gasteiger partial charge < -0.3 is 4.98 Å². The zero-order valence-corrected chi connectivity index (χ0v) is 12.1. The van der Waals surface area contributed by atoms with Gasteiger partial charge in [0.15, 0.2) is 5.82 Å². The van der Waals surface area contributed by atoms with Crippen molar-refractivity contribution < 1.29 is 0 Å². The SMILES string of the molecule is CC(C)Cc1cc(=O)[nH]c(-c2sccc2Br)n1. The first-order chi connectivity index (χ1) is 8.06. The highest BCUT2D eigenvalue weighted by Gasteiger charge is 2.09. The molecule has 0 fully saturated rings. The van der Waals surface area contributed by atoms with Gasteiger partial charge in [0, 0.05) is 16.2 Å². The molecule has 90 valence electrons. The predicted molar refractivity (Wildman–Crippen MR) is 74.4 cm³/mol. The number of hydrogen-bond donors (Lipinski definition) is 1. The minimum Gasteiger partial charge on any atom is -0.306 e. The molecule has 0 saturated heterocycles. The second-order valence-electron chi connectivity index (χ2n) is 4.28. The fraction of sp³-hybridized carbons (Fsp3) is 0.333. The first-order valence-corrected chi connectivity index (χ1v) is 7.07. The van der Waals surface area contributed by atoms with Gasteiger partial charge in [-0.05, 0) is 39.7 Å². The Hall–Kier alpha value is -0.940. The molecule has 0 spiro atoms. The third-order valence-corrected chi connectivity index (χ3v) is 4.09. The summed E-state index contributed by atoms with van der Waals surface area (Å²) in [5.74, 6) is 1.14. The van der Waals surface area contributed by atoms with Crippen LogP contribution in [0, 0.1) is 5.92 Å². The summed E-state index contributed by atoms with van der Waals surface area (Å²) in [5.41, 5.74) is 0.755. The Bertz CT molecular complexity index is 574. The van der Waals surface area contributed by atoms with Gasteiger partial charge in [0.05, 0.1) is 4.88 Å². The van der Waals surface area contributed by atoms with Crippen molar-refractivity contribution in [2.45, 2.75) is 20.3 Å². The molecule has 0 aromatic carbocycles. The van der Waals surface area contributed by atoms with E-state index in [0.717, 1.165) is 21.5 Å². The molecule has 0 aliphatic heterocycles. The molecule has 2 aromatic heterocycles. The van der Waals surface area contributed by atoms with Gasteiger partial charge in [-0.2, -0.15) is 0 Å². The lowest BCUT2D eigenvalue weighted by Gasteiger charge is -2.05. The summed E-state index contributed by atoms with van der Waals surface area (Å²) in [6.45, 7) is 4.23. The molecule has 0 aliphatic rings. The smallest absolute Gasteiger partial charge is 0.251 e. The molecular weight excluding hydrogens is 300 g/mol. The summed E-state index contributed by atoms with van der Waals surface area (Å²) >= 11 is 5.01. The fourth-order valence-electron chi connectivity index (χ4n) is 1.60. The summed E-state index contributed by atoms with van der Waals surface area (Å²) < 4.78 is 0.965. The minimum atomic E-state index is -0.0917. The Morgan fingerprint density at radius 1 is 1.53 bits per heavy atom. The van der Waals surface area contributed by atoms with Crippen LogP contribution < -0.4 is 5.56 Å². The molecule has 2 aromatic rings. The molecule has 0 bridgehead atoms. The van der Waals surface area contributed by atoms with Gasteiger partial charge in [0.2, 0.25) is 0 Å². The number of nitrogens with zero attached hydrogens (tertiary/aromatic N) is 1. The highest BCUT2D eigenvalue weighted by Crippen LogP contribution is 2.30. The highest BCUT2D eigenvalue weighted by molar-refractivity contribution is 9.10. The van der Waals surface area contributed by atoms with E-state index >= 15 is 0 Å². The van der Waals surface area contributed by atoms with Crippen molar-refractivity contribution in [2.24, 2.45) is 5.92 Å². The number of halogens is 1. The number of nitrogens with one attached hydrogen (secondary N) is 1. The molecule has 2 rings (SSSR count). The Morgan fingerprint density at radius 2 is 2.29 bits per heavy atom. The van der Waals surface area contributed by atoms with Crippen molar-refractivity contribution in [2.75, 3.05) is 0 Å². The average molecular weight is 313 g/mol. The van der Waals surface area contributed by atoms with Gasteiger partial charge >= 0.3 is 0 Å². The molecule has 3 nitrogen and oxygen atoms in total. The van der Waals surface area contributed by atoms with Gasteiger partial charge in [-0.1, -0.05) is 13.8 Å². The predicted octanol–water partition coefficient (Wildman–Crippen LogP) is 3.46. The first-order valence-electron chi connectivity index (χ1n) is 5.40. The zero-order chi connectivity index (χ0) is 12.4.